The van der Waals surface area contributed by atoms with Crippen molar-refractivity contribution in [2.45, 2.75) is 43.3 Å². The predicted octanol–water partition coefficient (Wildman–Crippen LogP) is 2.08. The molecular formula is C12H18N2OS. The van der Waals surface area contributed by atoms with E-state index in [0.29, 0.717) is 0 Å². The van der Waals surface area contributed by atoms with Crippen LogP contribution in [0.2, 0.25) is 0 Å². The highest BCUT2D eigenvalue weighted by atomic mass is 32.2. The van der Waals surface area contributed by atoms with Crippen LogP contribution in [0.4, 0.5) is 0 Å². The second kappa shape index (κ2) is 4.29. The van der Waals surface area contributed by atoms with Crippen LogP contribution in [0.1, 0.15) is 38.5 Å². The molecular weight excluding hydrogens is 220 g/mol. The van der Waals surface area contributed by atoms with Gasteiger partial charge in [-0.3, -0.25) is 4.79 Å². The van der Waals surface area contributed by atoms with Crippen molar-refractivity contribution >= 4 is 17.7 Å². The minimum Gasteiger partial charge on any atom is -0.353 e. The summed E-state index contributed by atoms with van der Waals surface area (Å²) in [6.07, 6.45) is 8.23. The Kier molecular flexibility index (Phi) is 3.16. The van der Waals surface area contributed by atoms with Crippen molar-refractivity contribution in [1.82, 2.24) is 5.32 Å². The van der Waals surface area contributed by atoms with E-state index in [1.165, 1.54) is 19.3 Å². The molecule has 2 rings (SSSR count). The van der Waals surface area contributed by atoms with Crippen LogP contribution >= 0.6 is 11.8 Å². The SMILES string of the molecule is CSC1(CNC(=O)C2(C#N)CCC2)CCC1. The fourth-order valence-electron chi connectivity index (χ4n) is 2.35. The highest BCUT2D eigenvalue weighted by molar-refractivity contribution is 8.00. The summed E-state index contributed by atoms with van der Waals surface area (Å²) in [6, 6.07) is 2.19. The molecule has 0 aromatic heterocycles. The summed E-state index contributed by atoms with van der Waals surface area (Å²) in [5.74, 6) is -0.0402. The van der Waals surface area contributed by atoms with Crippen LogP contribution in [-0.4, -0.2) is 23.5 Å². The van der Waals surface area contributed by atoms with Gasteiger partial charge >= 0.3 is 0 Å². The maximum atomic E-state index is 11.9. The maximum absolute atomic E-state index is 11.9. The smallest absolute Gasteiger partial charge is 0.240 e. The van der Waals surface area contributed by atoms with E-state index in [-0.39, 0.29) is 10.7 Å². The first kappa shape index (κ1) is 11.8. The van der Waals surface area contributed by atoms with Gasteiger partial charge in [0.05, 0.1) is 6.07 Å². The van der Waals surface area contributed by atoms with Gasteiger partial charge < -0.3 is 5.32 Å². The first-order valence-electron chi connectivity index (χ1n) is 5.91. The van der Waals surface area contributed by atoms with E-state index in [4.69, 9.17) is 5.26 Å². The molecule has 0 aromatic carbocycles. The fraction of sp³-hybridized carbons (Fsp3) is 0.833. The zero-order valence-electron chi connectivity index (χ0n) is 9.71. The standard InChI is InChI=1S/C12H18N2OS/c1-16-12(6-3-7-12)9-14-10(15)11(8-13)4-2-5-11/h2-7,9H2,1H3,(H,14,15). The molecule has 0 aromatic rings. The number of rotatable bonds is 4. The van der Waals surface area contributed by atoms with Crippen LogP contribution in [0, 0.1) is 16.7 Å². The summed E-state index contributed by atoms with van der Waals surface area (Å²) in [5.41, 5.74) is -0.691. The van der Waals surface area contributed by atoms with Gasteiger partial charge in [-0.15, -0.1) is 0 Å². The quantitative estimate of drug-likeness (QED) is 0.816. The number of nitrogens with one attached hydrogen (secondary N) is 1. The van der Waals surface area contributed by atoms with E-state index >= 15 is 0 Å². The summed E-state index contributed by atoms with van der Waals surface area (Å²) in [7, 11) is 0. The van der Waals surface area contributed by atoms with Crippen LogP contribution in [0.5, 0.6) is 0 Å². The molecule has 0 atom stereocenters. The molecule has 0 bridgehead atoms. The molecule has 0 heterocycles. The van der Waals surface area contributed by atoms with Crippen LogP contribution < -0.4 is 5.32 Å². The third-order valence-electron chi connectivity index (χ3n) is 4.12. The molecule has 2 aliphatic carbocycles. The summed E-state index contributed by atoms with van der Waals surface area (Å²) < 4.78 is 0.260. The van der Waals surface area contributed by atoms with Crippen molar-refractivity contribution in [2.75, 3.05) is 12.8 Å². The first-order chi connectivity index (χ1) is 7.66. The second-order valence-corrected chi connectivity index (χ2v) is 6.25. The average Bonchev–Trinajstić information content (AvgIpc) is 2.16. The summed E-state index contributed by atoms with van der Waals surface area (Å²) in [5, 5.41) is 12.0. The van der Waals surface area contributed by atoms with E-state index in [9.17, 15) is 4.79 Å². The predicted molar refractivity (Wildman–Crippen MR) is 65.0 cm³/mol. The van der Waals surface area contributed by atoms with Gasteiger partial charge in [0, 0.05) is 11.3 Å². The minimum absolute atomic E-state index is 0.0402. The van der Waals surface area contributed by atoms with E-state index < -0.39 is 5.41 Å². The van der Waals surface area contributed by atoms with Gasteiger partial charge in [0.1, 0.15) is 5.41 Å². The molecule has 88 valence electrons. The zero-order chi connectivity index (χ0) is 11.6. The van der Waals surface area contributed by atoms with Crippen LogP contribution in [0.3, 0.4) is 0 Å². The van der Waals surface area contributed by atoms with E-state index in [2.05, 4.69) is 17.6 Å². The van der Waals surface area contributed by atoms with Crippen molar-refractivity contribution in [3.63, 3.8) is 0 Å². The van der Waals surface area contributed by atoms with Gasteiger partial charge in [0.25, 0.3) is 0 Å². The van der Waals surface area contributed by atoms with Gasteiger partial charge in [0.15, 0.2) is 0 Å². The monoisotopic (exact) mass is 238 g/mol. The van der Waals surface area contributed by atoms with Crippen LogP contribution in [0.25, 0.3) is 0 Å². The number of carbonyl (C=O) groups is 1. The van der Waals surface area contributed by atoms with Gasteiger partial charge in [-0.1, -0.05) is 6.42 Å². The fourth-order valence-corrected chi connectivity index (χ4v) is 3.27. The molecule has 0 spiro atoms. The normalized spacial score (nSPS) is 24.8. The molecule has 3 nitrogen and oxygen atoms in total. The number of hydrogen-bond donors (Lipinski definition) is 1. The van der Waals surface area contributed by atoms with Gasteiger partial charge in [-0.2, -0.15) is 17.0 Å². The molecule has 0 saturated heterocycles. The largest absolute Gasteiger partial charge is 0.353 e. The molecule has 0 radical (unpaired) electrons. The Labute approximate surface area is 101 Å². The van der Waals surface area contributed by atoms with Crippen molar-refractivity contribution in [3.8, 4) is 6.07 Å². The number of carbonyl (C=O) groups excluding carboxylic acids is 1. The lowest BCUT2D eigenvalue weighted by Gasteiger charge is -2.42. The average molecular weight is 238 g/mol. The van der Waals surface area contributed by atoms with Crippen molar-refractivity contribution in [2.24, 2.45) is 5.41 Å². The number of nitrogens with zero attached hydrogens (tertiary/aromatic N) is 1. The summed E-state index contributed by atoms with van der Waals surface area (Å²) in [4.78, 5) is 11.9. The lowest BCUT2D eigenvalue weighted by Crippen LogP contribution is -2.51. The summed E-state index contributed by atoms with van der Waals surface area (Å²) in [6.45, 7) is 0.733. The number of amides is 1. The molecule has 2 fully saturated rings. The van der Waals surface area contributed by atoms with E-state index in [0.717, 1.165) is 25.8 Å². The Balaban J connectivity index is 1.86. The van der Waals surface area contributed by atoms with Gasteiger partial charge in [0.2, 0.25) is 5.91 Å². The molecule has 0 unspecified atom stereocenters. The second-order valence-electron chi connectivity index (χ2n) is 4.97. The molecule has 0 aliphatic heterocycles. The Hall–Kier alpha value is -0.690. The Morgan fingerprint density at radius 2 is 2.00 bits per heavy atom. The van der Waals surface area contributed by atoms with Crippen molar-refractivity contribution in [1.29, 1.82) is 5.26 Å². The molecule has 2 saturated carbocycles. The highest BCUT2D eigenvalue weighted by Crippen LogP contribution is 2.43. The molecule has 16 heavy (non-hydrogen) atoms. The highest BCUT2D eigenvalue weighted by Gasteiger charge is 2.45. The molecule has 4 heteroatoms. The molecule has 2 aliphatic rings. The van der Waals surface area contributed by atoms with E-state index in [1.54, 1.807) is 0 Å². The Bertz CT molecular complexity index is 321. The van der Waals surface area contributed by atoms with E-state index in [1.807, 2.05) is 11.8 Å². The lowest BCUT2D eigenvalue weighted by atomic mass is 9.69. The van der Waals surface area contributed by atoms with Crippen LogP contribution in [-0.2, 0) is 4.79 Å². The Morgan fingerprint density at radius 3 is 2.31 bits per heavy atom. The topological polar surface area (TPSA) is 52.9 Å². The zero-order valence-corrected chi connectivity index (χ0v) is 10.5. The minimum atomic E-state index is -0.691. The lowest BCUT2D eigenvalue weighted by molar-refractivity contribution is -0.131. The number of hydrogen-bond acceptors (Lipinski definition) is 3. The third kappa shape index (κ3) is 1.82. The van der Waals surface area contributed by atoms with Crippen molar-refractivity contribution < 1.29 is 4.79 Å². The Morgan fingerprint density at radius 1 is 1.38 bits per heavy atom. The third-order valence-corrected chi connectivity index (χ3v) is 5.54. The number of nitriles is 1. The van der Waals surface area contributed by atoms with Gasteiger partial charge in [-0.05, 0) is 38.4 Å². The van der Waals surface area contributed by atoms with Crippen LogP contribution in [0.15, 0.2) is 0 Å². The summed E-state index contributed by atoms with van der Waals surface area (Å²) >= 11 is 1.85. The molecule has 1 amide bonds. The molecule has 1 N–H and O–H groups in total. The van der Waals surface area contributed by atoms with Gasteiger partial charge in [-0.25, -0.2) is 0 Å². The number of thioether (sulfide) groups is 1. The maximum Gasteiger partial charge on any atom is 0.240 e. The first-order valence-corrected chi connectivity index (χ1v) is 7.14. The van der Waals surface area contributed by atoms with Crippen molar-refractivity contribution in [3.05, 3.63) is 0 Å².